The number of phenolic OH excluding ortho intramolecular Hbond substituents is 1. The molecule has 0 spiro atoms. The minimum absolute atomic E-state index is 0.0549. The maximum absolute atomic E-state index is 11.1. The van der Waals surface area contributed by atoms with E-state index in [9.17, 15) is 23.6 Å². The summed E-state index contributed by atoms with van der Waals surface area (Å²) in [5.74, 6) is -0.584. The van der Waals surface area contributed by atoms with Crippen LogP contribution in [0.3, 0.4) is 0 Å². The summed E-state index contributed by atoms with van der Waals surface area (Å²) in [7, 11) is -4.57. The number of nitro benzene ring substituents is 1. The highest BCUT2D eigenvalue weighted by Gasteiger charge is 2.27. The molecule has 0 saturated carbocycles. The Morgan fingerprint density at radius 3 is 2.32 bits per heavy atom. The average molecular weight is 288 g/mol. The van der Waals surface area contributed by atoms with Gasteiger partial charge in [0.25, 0.3) is 10.1 Å². The zero-order valence-electron chi connectivity index (χ0n) is 9.81. The lowest BCUT2D eigenvalue weighted by Crippen LogP contribution is -2.18. The van der Waals surface area contributed by atoms with E-state index in [1.807, 2.05) is 0 Å². The van der Waals surface area contributed by atoms with Gasteiger partial charge in [0, 0.05) is 19.2 Å². The molecule has 104 valence electrons. The number of phenols is 1. The highest BCUT2D eigenvalue weighted by atomic mass is 32.2. The molecule has 0 aromatic heterocycles. The van der Waals surface area contributed by atoms with Gasteiger partial charge in [-0.1, -0.05) is 0 Å². The molecule has 0 radical (unpaired) electrons. The third-order valence-electron chi connectivity index (χ3n) is 2.98. The second kappa shape index (κ2) is 4.67. The van der Waals surface area contributed by atoms with Crippen molar-refractivity contribution in [2.45, 2.75) is 17.7 Å². The quantitative estimate of drug-likeness (QED) is 0.486. The van der Waals surface area contributed by atoms with Crippen LogP contribution in [0.5, 0.6) is 5.75 Å². The van der Waals surface area contributed by atoms with Gasteiger partial charge in [-0.2, -0.15) is 8.42 Å². The van der Waals surface area contributed by atoms with Gasteiger partial charge in [0.05, 0.1) is 10.6 Å². The molecule has 1 aliphatic heterocycles. The van der Waals surface area contributed by atoms with Gasteiger partial charge in [0.1, 0.15) is 4.90 Å². The fraction of sp³-hybridized carbons (Fsp3) is 0.400. The van der Waals surface area contributed by atoms with Crippen molar-refractivity contribution in [2.24, 2.45) is 0 Å². The lowest BCUT2D eigenvalue weighted by molar-refractivity contribution is -0.386. The first kappa shape index (κ1) is 13.6. The predicted molar refractivity (Wildman–Crippen MR) is 66.0 cm³/mol. The van der Waals surface area contributed by atoms with Crippen molar-refractivity contribution < 1.29 is 23.0 Å². The first-order valence-corrected chi connectivity index (χ1v) is 6.98. The molecule has 0 unspecified atom stereocenters. The van der Waals surface area contributed by atoms with E-state index in [4.69, 9.17) is 4.55 Å². The fourth-order valence-electron chi connectivity index (χ4n) is 2.07. The number of aromatic hydroxyl groups is 1. The molecule has 0 amide bonds. The first-order chi connectivity index (χ1) is 8.80. The van der Waals surface area contributed by atoms with Crippen LogP contribution in [0.1, 0.15) is 12.8 Å². The number of hydrogen-bond donors (Lipinski definition) is 2. The monoisotopic (exact) mass is 288 g/mol. The number of nitro groups is 1. The van der Waals surface area contributed by atoms with Crippen LogP contribution in [-0.4, -0.2) is 36.1 Å². The summed E-state index contributed by atoms with van der Waals surface area (Å²) in [6.07, 6.45) is 1.70. The summed E-state index contributed by atoms with van der Waals surface area (Å²) in [4.78, 5) is 11.0. The van der Waals surface area contributed by atoms with Gasteiger partial charge in [-0.3, -0.25) is 14.7 Å². The van der Waals surface area contributed by atoms with E-state index in [0.717, 1.165) is 18.9 Å². The summed E-state index contributed by atoms with van der Waals surface area (Å²) >= 11 is 0. The predicted octanol–water partition coefficient (Wildman–Crippen LogP) is 1.15. The summed E-state index contributed by atoms with van der Waals surface area (Å²) in [6, 6.07) is 1.69. The fourth-order valence-corrected chi connectivity index (χ4v) is 2.59. The molecule has 19 heavy (non-hydrogen) atoms. The smallest absolute Gasteiger partial charge is 0.314 e. The van der Waals surface area contributed by atoms with Crippen molar-refractivity contribution in [1.29, 1.82) is 0 Å². The Bertz CT molecular complexity index is 621. The van der Waals surface area contributed by atoms with E-state index < -0.39 is 31.4 Å². The van der Waals surface area contributed by atoms with Gasteiger partial charge in [0.2, 0.25) is 5.75 Å². The molecular formula is C10H12N2O6S. The number of rotatable bonds is 3. The third kappa shape index (κ3) is 2.61. The van der Waals surface area contributed by atoms with Crippen LogP contribution < -0.4 is 4.90 Å². The van der Waals surface area contributed by atoms with Gasteiger partial charge >= 0.3 is 5.69 Å². The number of hydrogen-bond acceptors (Lipinski definition) is 6. The molecule has 0 bridgehead atoms. The number of anilines is 1. The maximum Gasteiger partial charge on any atom is 0.314 e. The molecule has 1 saturated heterocycles. The molecule has 1 aromatic carbocycles. The van der Waals surface area contributed by atoms with Crippen LogP contribution in [0.4, 0.5) is 11.4 Å². The van der Waals surface area contributed by atoms with E-state index in [0.29, 0.717) is 19.2 Å². The molecule has 9 heteroatoms. The molecule has 1 aliphatic rings. The standard InChI is InChI=1S/C10H12N2O6S/c13-10-8(11-3-1-2-4-11)5-7(19(16,17)18)6-9(10)12(14)15/h5-6,13H,1-4H2,(H,16,17,18). The molecule has 1 heterocycles. The normalized spacial score (nSPS) is 15.7. The van der Waals surface area contributed by atoms with Crippen LogP contribution in [0, 0.1) is 10.1 Å². The largest absolute Gasteiger partial charge is 0.501 e. The molecule has 0 aliphatic carbocycles. The lowest BCUT2D eigenvalue weighted by atomic mass is 10.2. The Morgan fingerprint density at radius 2 is 1.84 bits per heavy atom. The minimum atomic E-state index is -4.57. The van der Waals surface area contributed by atoms with Crippen LogP contribution >= 0.6 is 0 Å². The Balaban J connectivity index is 2.64. The molecule has 0 atom stereocenters. The van der Waals surface area contributed by atoms with Crippen LogP contribution in [0.2, 0.25) is 0 Å². The highest BCUT2D eigenvalue weighted by molar-refractivity contribution is 7.85. The Morgan fingerprint density at radius 1 is 1.26 bits per heavy atom. The van der Waals surface area contributed by atoms with Gasteiger partial charge in [-0.15, -0.1) is 0 Å². The van der Waals surface area contributed by atoms with Crippen molar-refractivity contribution in [3.05, 3.63) is 22.2 Å². The van der Waals surface area contributed by atoms with E-state index in [-0.39, 0.29) is 5.69 Å². The third-order valence-corrected chi connectivity index (χ3v) is 3.82. The Labute approximate surface area is 109 Å². The van der Waals surface area contributed by atoms with Crippen LogP contribution in [0.15, 0.2) is 17.0 Å². The van der Waals surface area contributed by atoms with E-state index in [2.05, 4.69) is 0 Å². The molecule has 1 fully saturated rings. The SMILES string of the molecule is O=[N+]([O-])c1cc(S(=O)(=O)O)cc(N2CCCC2)c1O. The van der Waals surface area contributed by atoms with E-state index in [1.165, 1.54) is 0 Å². The molecule has 1 aromatic rings. The van der Waals surface area contributed by atoms with Gasteiger partial charge < -0.3 is 10.0 Å². The van der Waals surface area contributed by atoms with E-state index >= 15 is 0 Å². The van der Waals surface area contributed by atoms with Crippen molar-refractivity contribution in [1.82, 2.24) is 0 Å². The summed E-state index contributed by atoms with van der Waals surface area (Å²) in [6.45, 7) is 1.14. The maximum atomic E-state index is 11.1. The lowest BCUT2D eigenvalue weighted by Gasteiger charge is -2.19. The average Bonchev–Trinajstić information content (AvgIpc) is 2.80. The molecule has 2 rings (SSSR count). The second-order valence-corrected chi connectivity index (χ2v) is 5.66. The molecular weight excluding hydrogens is 276 g/mol. The summed E-state index contributed by atoms with van der Waals surface area (Å²) in [5.41, 5.74) is -0.684. The summed E-state index contributed by atoms with van der Waals surface area (Å²) < 4.78 is 31.2. The van der Waals surface area contributed by atoms with E-state index in [1.54, 1.807) is 4.90 Å². The van der Waals surface area contributed by atoms with Crippen molar-refractivity contribution in [2.75, 3.05) is 18.0 Å². The first-order valence-electron chi connectivity index (χ1n) is 5.54. The zero-order valence-corrected chi connectivity index (χ0v) is 10.6. The van der Waals surface area contributed by atoms with Gasteiger partial charge in [-0.25, -0.2) is 0 Å². The topological polar surface area (TPSA) is 121 Å². The molecule has 2 N–H and O–H groups in total. The highest BCUT2D eigenvalue weighted by Crippen LogP contribution is 2.40. The number of benzene rings is 1. The van der Waals surface area contributed by atoms with Crippen molar-refractivity contribution in [3.63, 3.8) is 0 Å². The minimum Gasteiger partial charge on any atom is -0.501 e. The zero-order chi connectivity index (χ0) is 14.2. The van der Waals surface area contributed by atoms with Crippen LogP contribution in [0.25, 0.3) is 0 Å². The second-order valence-electron chi connectivity index (χ2n) is 4.24. The van der Waals surface area contributed by atoms with Crippen molar-refractivity contribution in [3.8, 4) is 5.75 Å². The van der Waals surface area contributed by atoms with Gasteiger partial charge in [0.15, 0.2) is 0 Å². The summed E-state index contributed by atoms with van der Waals surface area (Å²) in [5, 5.41) is 20.7. The van der Waals surface area contributed by atoms with Crippen LogP contribution in [-0.2, 0) is 10.1 Å². The number of nitrogens with zero attached hydrogens (tertiary/aromatic N) is 2. The van der Waals surface area contributed by atoms with Crippen molar-refractivity contribution >= 4 is 21.5 Å². The Hall–Kier alpha value is -1.87. The molecule has 8 nitrogen and oxygen atoms in total. The Kier molecular flexibility index (Phi) is 3.33. The van der Waals surface area contributed by atoms with Gasteiger partial charge in [-0.05, 0) is 18.9 Å².